The van der Waals surface area contributed by atoms with Crippen LogP contribution in [-0.2, 0) is 19.9 Å². The van der Waals surface area contributed by atoms with E-state index in [1.807, 2.05) is 19.4 Å². The van der Waals surface area contributed by atoms with Crippen LogP contribution in [0.15, 0.2) is 18.5 Å². The molecule has 0 fully saturated rings. The lowest BCUT2D eigenvalue weighted by molar-refractivity contribution is 0.463. The van der Waals surface area contributed by atoms with Gasteiger partial charge in [-0.1, -0.05) is 11.6 Å². The van der Waals surface area contributed by atoms with Gasteiger partial charge >= 0.3 is 0 Å². The highest BCUT2D eigenvalue weighted by Gasteiger charge is 2.22. The van der Waals surface area contributed by atoms with Crippen molar-refractivity contribution < 1.29 is 0 Å². The van der Waals surface area contributed by atoms with E-state index in [4.69, 9.17) is 11.6 Å². The Hall–Kier alpha value is -0.840. The summed E-state index contributed by atoms with van der Waals surface area (Å²) in [6, 6.07) is 2.60. The Labute approximate surface area is 122 Å². The molecule has 2 aromatic heterocycles. The van der Waals surface area contributed by atoms with E-state index in [2.05, 4.69) is 20.9 Å². The molecule has 0 aliphatic heterocycles. The van der Waals surface area contributed by atoms with Crippen LogP contribution in [0.1, 0.15) is 35.1 Å². The molecule has 0 amide bonds. The second-order valence-corrected chi connectivity index (χ2v) is 6.80. The Morgan fingerprint density at radius 1 is 1.58 bits per heavy atom. The largest absolute Gasteiger partial charge is 0.338 e. The van der Waals surface area contributed by atoms with Crippen LogP contribution >= 0.6 is 22.9 Å². The van der Waals surface area contributed by atoms with Crippen molar-refractivity contribution in [2.45, 2.75) is 31.7 Å². The first-order valence-electron chi connectivity index (χ1n) is 6.71. The SMILES string of the molecule is Cn1ccnc1CCNC1CCCc2sc(Cl)cc21. The lowest BCUT2D eigenvalue weighted by Gasteiger charge is -2.23. The molecule has 1 aliphatic rings. The summed E-state index contributed by atoms with van der Waals surface area (Å²) in [5.74, 6) is 1.13. The van der Waals surface area contributed by atoms with Crippen molar-refractivity contribution >= 4 is 22.9 Å². The monoisotopic (exact) mass is 295 g/mol. The van der Waals surface area contributed by atoms with Gasteiger partial charge in [-0.05, 0) is 30.9 Å². The average Bonchev–Trinajstić information content (AvgIpc) is 2.95. The van der Waals surface area contributed by atoms with Crippen molar-refractivity contribution in [3.63, 3.8) is 0 Å². The van der Waals surface area contributed by atoms with E-state index in [0.29, 0.717) is 6.04 Å². The maximum Gasteiger partial charge on any atom is 0.109 e. The van der Waals surface area contributed by atoms with E-state index in [1.165, 1.54) is 29.7 Å². The number of nitrogens with one attached hydrogen (secondary N) is 1. The number of thiophene rings is 1. The van der Waals surface area contributed by atoms with Crippen LogP contribution in [0, 0.1) is 0 Å². The third kappa shape index (κ3) is 2.86. The highest BCUT2D eigenvalue weighted by Crippen LogP contribution is 2.37. The number of hydrogen-bond donors (Lipinski definition) is 1. The summed E-state index contributed by atoms with van der Waals surface area (Å²) in [5.41, 5.74) is 1.42. The number of hydrogen-bond acceptors (Lipinski definition) is 3. The van der Waals surface area contributed by atoms with Crippen molar-refractivity contribution in [2.75, 3.05) is 6.54 Å². The van der Waals surface area contributed by atoms with Gasteiger partial charge in [-0.2, -0.15) is 0 Å². The van der Waals surface area contributed by atoms with E-state index in [-0.39, 0.29) is 0 Å². The molecule has 1 aliphatic carbocycles. The third-order valence-corrected chi connectivity index (χ3v) is 5.08. The van der Waals surface area contributed by atoms with E-state index in [9.17, 15) is 0 Å². The van der Waals surface area contributed by atoms with Crippen molar-refractivity contribution in [1.82, 2.24) is 14.9 Å². The van der Waals surface area contributed by atoms with Crippen LogP contribution in [0.5, 0.6) is 0 Å². The molecule has 19 heavy (non-hydrogen) atoms. The zero-order chi connectivity index (χ0) is 13.2. The van der Waals surface area contributed by atoms with E-state index in [1.54, 1.807) is 11.3 Å². The minimum atomic E-state index is 0.466. The number of halogens is 1. The van der Waals surface area contributed by atoms with Crippen LogP contribution in [0.25, 0.3) is 0 Å². The zero-order valence-corrected chi connectivity index (χ0v) is 12.6. The molecule has 2 aromatic rings. The fourth-order valence-electron chi connectivity index (χ4n) is 2.73. The summed E-state index contributed by atoms with van der Waals surface area (Å²) in [6.45, 7) is 0.961. The molecule has 3 rings (SSSR count). The first kappa shape index (κ1) is 13.2. The molecule has 102 valence electrons. The molecule has 0 aromatic carbocycles. The normalized spacial score (nSPS) is 18.5. The molecular formula is C14H18ClN3S. The van der Waals surface area contributed by atoms with Crippen LogP contribution in [0.4, 0.5) is 0 Å². The Morgan fingerprint density at radius 2 is 2.47 bits per heavy atom. The van der Waals surface area contributed by atoms with Gasteiger partial charge < -0.3 is 9.88 Å². The Bertz CT molecular complexity index is 561. The molecule has 0 spiro atoms. The molecular weight excluding hydrogens is 278 g/mol. The number of rotatable bonds is 4. The summed E-state index contributed by atoms with van der Waals surface area (Å²) in [5, 5.41) is 3.65. The van der Waals surface area contributed by atoms with Gasteiger partial charge in [0.1, 0.15) is 5.82 Å². The van der Waals surface area contributed by atoms with Crippen molar-refractivity contribution in [2.24, 2.45) is 7.05 Å². The Morgan fingerprint density at radius 3 is 3.26 bits per heavy atom. The maximum absolute atomic E-state index is 6.13. The van der Waals surface area contributed by atoms with Crippen LogP contribution in [0.3, 0.4) is 0 Å². The smallest absolute Gasteiger partial charge is 0.109 e. The topological polar surface area (TPSA) is 29.9 Å². The maximum atomic E-state index is 6.13. The lowest BCUT2D eigenvalue weighted by Crippen LogP contribution is -2.26. The molecule has 1 N–H and O–H groups in total. The minimum Gasteiger partial charge on any atom is -0.338 e. The van der Waals surface area contributed by atoms with Gasteiger partial charge in [0.15, 0.2) is 0 Å². The fraction of sp³-hybridized carbons (Fsp3) is 0.500. The quantitative estimate of drug-likeness (QED) is 0.937. The van der Waals surface area contributed by atoms with Crippen molar-refractivity contribution in [3.8, 4) is 0 Å². The Balaban J connectivity index is 1.60. The molecule has 0 saturated carbocycles. The van der Waals surface area contributed by atoms with Crippen molar-refractivity contribution in [1.29, 1.82) is 0 Å². The number of nitrogens with zero attached hydrogens (tertiary/aromatic N) is 2. The number of aromatic nitrogens is 2. The molecule has 2 heterocycles. The molecule has 0 saturated heterocycles. The molecule has 0 bridgehead atoms. The van der Waals surface area contributed by atoms with Crippen molar-refractivity contribution in [3.05, 3.63) is 39.1 Å². The van der Waals surface area contributed by atoms with E-state index >= 15 is 0 Å². The van der Waals surface area contributed by atoms with Crippen LogP contribution in [-0.4, -0.2) is 16.1 Å². The van der Waals surface area contributed by atoms with Gasteiger partial charge in [0.25, 0.3) is 0 Å². The summed E-state index contributed by atoms with van der Waals surface area (Å²) >= 11 is 7.87. The first-order valence-corrected chi connectivity index (χ1v) is 7.91. The molecule has 0 radical (unpaired) electrons. The fourth-order valence-corrected chi connectivity index (χ4v) is 4.11. The summed E-state index contributed by atoms with van der Waals surface area (Å²) in [7, 11) is 2.04. The number of imidazole rings is 1. The Kier molecular flexibility index (Phi) is 3.91. The number of fused-ring (bicyclic) bond motifs is 1. The second-order valence-electron chi connectivity index (χ2n) is 5.03. The molecule has 1 unspecified atom stereocenters. The molecule has 5 heteroatoms. The van der Waals surface area contributed by atoms with E-state index in [0.717, 1.165) is 23.1 Å². The molecule has 3 nitrogen and oxygen atoms in total. The summed E-state index contributed by atoms with van der Waals surface area (Å²) in [4.78, 5) is 5.81. The predicted molar refractivity (Wildman–Crippen MR) is 79.9 cm³/mol. The third-order valence-electron chi connectivity index (χ3n) is 3.74. The van der Waals surface area contributed by atoms with Gasteiger partial charge in [0.2, 0.25) is 0 Å². The van der Waals surface area contributed by atoms with Gasteiger partial charge in [0, 0.05) is 43.3 Å². The standard InChI is InChI=1S/C14H18ClN3S/c1-18-8-7-17-14(18)5-6-16-11-3-2-4-12-10(11)9-13(15)19-12/h7-9,11,16H,2-6H2,1H3. The minimum absolute atomic E-state index is 0.466. The van der Waals surface area contributed by atoms with Gasteiger partial charge in [-0.25, -0.2) is 4.98 Å². The first-order chi connectivity index (χ1) is 9.24. The zero-order valence-electron chi connectivity index (χ0n) is 11.0. The summed E-state index contributed by atoms with van der Waals surface area (Å²) in [6.07, 6.45) is 8.46. The van der Waals surface area contributed by atoms with E-state index < -0.39 is 0 Å². The molecule has 1 atom stereocenters. The highest BCUT2D eigenvalue weighted by atomic mass is 35.5. The summed E-state index contributed by atoms with van der Waals surface area (Å²) < 4.78 is 3.00. The van der Waals surface area contributed by atoms with Crippen LogP contribution in [0.2, 0.25) is 4.34 Å². The van der Waals surface area contributed by atoms with Gasteiger partial charge in [-0.3, -0.25) is 0 Å². The van der Waals surface area contributed by atoms with Gasteiger partial charge in [-0.15, -0.1) is 11.3 Å². The number of aryl methyl sites for hydroxylation is 2. The lowest BCUT2D eigenvalue weighted by atomic mass is 9.94. The average molecular weight is 296 g/mol. The second kappa shape index (κ2) is 5.65. The predicted octanol–water partition coefficient (Wildman–Crippen LogP) is 3.34. The van der Waals surface area contributed by atoms with Gasteiger partial charge in [0.05, 0.1) is 4.34 Å². The highest BCUT2D eigenvalue weighted by molar-refractivity contribution is 7.16. The van der Waals surface area contributed by atoms with Crippen LogP contribution < -0.4 is 5.32 Å².